The molecule has 2 heterocycles. The van der Waals surface area contributed by atoms with Gasteiger partial charge in [-0.2, -0.15) is 0 Å². The summed E-state index contributed by atoms with van der Waals surface area (Å²) >= 11 is 0. The topological polar surface area (TPSA) is 45.0 Å². The van der Waals surface area contributed by atoms with Gasteiger partial charge in [-0.15, -0.1) is 0 Å². The Hall–Kier alpha value is -1.46. The summed E-state index contributed by atoms with van der Waals surface area (Å²) in [4.78, 5) is 7.56. The van der Waals surface area contributed by atoms with Crippen molar-refractivity contribution in [2.75, 3.05) is 64.1 Å². The van der Waals surface area contributed by atoms with Crippen LogP contribution >= 0.6 is 0 Å². The van der Waals surface area contributed by atoms with Crippen LogP contribution in [-0.2, 0) is 0 Å². The highest BCUT2D eigenvalue weighted by atomic mass is 16.5. The highest BCUT2D eigenvalue weighted by Gasteiger charge is 2.26. The first-order valence-electron chi connectivity index (χ1n) is 8.28. The molecule has 3 rings (SSSR count). The fraction of sp³-hybridized carbons (Fsp3) is 0.647. The van der Waals surface area contributed by atoms with Crippen LogP contribution in [0.3, 0.4) is 0 Å². The van der Waals surface area contributed by atoms with Gasteiger partial charge in [0.25, 0.3) is 0 Å². The molecule has 0 atom stereocenters. The van der Waals surface area contributed by atoms with Crippen molar-refractivity contribution in [3.63, 3.8) is 0 Å². The van der Waals surface area contributed by atoms with E-state index in [1.807, 2.05) is 6.07 Å². The lowest BCUT2D eigenvalue weighted by molar-refractivity contribution is 0.0982. The Morgan fingerprint density at radius 2 is 1.77 bits per heavy atom. The van der Waals surface area contributed by atoms with Crippen molar-refractivity contribution in [2.24, 2.45) is 0 Å². The molecule has 1 aromatic rings. The molecule has 0 aliphatic carbocycles. The average Bonchev–Trinajstić information content (AvgIpc) is 2.56. The summed E-state index contributed by atoms with van der Waals surface area (Å²) in [5, 5.41) is 0. The van der Waals surface area contributed by atoms with Gasteiger partial charge in [-0.3, -0.25) is 4.90 Å². The molecule has 124 valence electrons. The molecule has 2 fully saturated rings. The number of rotatable bonds is 3. The van der Waals surface area contributed by atoms with Crippen LogP contribution in [0.1, 0.15) is 14.3 Å². The van der Waals surface area contributed by atoms with E-state index in [2.05, 4.69) is 33.9 Å². The van der Waals surface area contributed by atoms with E-state index in [0.717, 1.165) is 24.9 Å². The molecule has 2 saturated heterocycles. The van der Waals surface area contributed by atoms with Crippen molar-refractivity contribution in [2.45, 2.75) is 18.9 Å². The average molecular weight is 306 g/mol. The summed E-state index contributed by atoms with van der Waals surface area (Å²) < 4.78 is 5.34. The summed E-state index contributed by atoms with van der Waals surface area (Å²) in [6.07, 6.45) is 2.49. The minimum atomic E-state index is 0. The van der Waals surface area contributed by atoms with Crippen molar-refractivity contribution in [3.05, 3.63) is 18.2 Å². The molecule has 1 aromatic carbocycles. The number of nitrogens with zero attached hydrogens (tertiary/aromatic N) is 3. The first kappa shape index (κ1) is 15.4. The lowest BCUT2D eigenvalue weighted by Crippen LogP contribution is -2.52. The van der Waals surface area contributed by atoms with E-state index in [1.54, 1.807) is 7.11 Å². The SMILES string of the molecule is COc1cc(N2CCC(N3CCN(C)CC3)CC2)ccc1N.[HH]. The third kappa shape index (κ3) is 3.31. The van der Waals surface area contributed by atoms with E-state index in [1.165, 1.54) is 44.7 Å². The van der Waals surface area contributed by atoms with E-state index in [0.29, 0.717) is 5.69 Å². The Bertz CT molecular complexity index is 497. The van der Waals surface area contributed by atoms with Gasteiger partial charge in [0.1, 0.15) is 5.75 Å². The lowest BCUT2D eigenvalue weighted by atomic mass is 10.0. The normalized spacial score (nSPS) is 22.0. The Morgan fingerprint density at radius 1 is 1.09 bits per heavy atom. The van der Waals surface area contributed by atoms with Crippen molar-refractivity contribution >= 4 is 11.4 Å². The molecule has 0 amide bonds. The van der Waals surface area contributed by atoms with E-state index in [-0.39, 0.29) is 1.43 Å². The smallest absolute Gasteiger partial charge is 0.143 e. The second kappa shape index (κ2) is 6.75. The zero-order valence-corrected chi connectivity index (χ0v) is 13.8. The molecule has 0 spiro atoms. The molecule has 0 unspecified atom stereocenters. The van der Waals surface area contributed by atoms with Crippen molar-refractivity contribution < 1.29 is 6.16 Å². The maximum atomic E-state index is 5.91. The summed E-state index contributed by atoms with van der Waals surface area (Å²) in [7, 11) is 3.89. The fourth-order valence-corrected chi connectivity index (χ4v) is 3.57. The van der Waals surface area contributed by atoms with Gasteiger partial charge in [0.2, 0.25) is 0 Å². The lowest BCUT2D eigenvalue weighted by Gasteiger charge is -2.42. The summed E-state index contributed by atoms with van der Waals surface area (Å²) in [5.41, 5.74) is 7.84. The molecule has 0 bridgehead atoms. The van der Waals surface area contributed by atoms with Gasteiger partial charge in [-0.1, -0.05) is 0 Å². The quantitative estimate of drug-likeness (QED) is 0.862. The van der Waals surface area contributed by atoms with Gasteiger partial charge < -0.3 is 20.3 Å². The van der Waals surface area contributed by atoms with Gasteiger partial charge >= 0.3 is 0 Å². The Labute approximate surface area is 135 Å². The zero-order valence-electron chi connectivity index (χ0n) is 13.8. The molecular formula is C17H30N4O. The first-order valence-corrected chi connectivity index (χ1v) is 8.28. The number of piperazine rings is 1. The van der Waals surface area contributed by atoms with E-state index in [9.17, 15) is 0 Å². The molecule has 0 radical (unpaired) electrons. The standard InChI is InChI=1S/C17H28N4O.H2/c1-19-9-11-21(12-10-19)14-5-7-20(8-6-14)15-3-4-16(18)17(13-15)22-2;/h3-4,13-14H,5-12,18H2,1-2H3;1H. The second-order valence-electron chi connectivity index (χ2n) is 6.48. The number of ether oxygens (including phenoxy) is 1. The molecule has 2 aliphatic rings. The summed E-state index contributed by atoms with van der Waals surface area (Å²) in [6.45, 7) is 7.08. The number of methoxy groups -OCH3 is 1. The Morgan fingerprint density at radius 3 is 2.41 bits per heavy atom. The summed E-state index contributed by atoms with van der Waals surface area (Å²) in [6, 6.07) is 6.86. The predicted molar refractivity (Wildman–Crippen MR) is 93.8 cm³/mol. The minimum Gasteiger partial charge on any atom is -0.495 e. The first-order chi connectivity index (χ1) is 10.7. The van der Waals surface area contributed by atoms with Gasteiger partial charge in [-0.25, -0.2) is 0 Å². The highest BCUT2D eigenvalue weighted by molar-refractivity contribution is 5.62. The van der Waals surface area contributed by atoms with E-state index in [4.69, 9.17) is 10.5 Å². The van der Waals surface area contributed by atoms with Gasteiger partial charge in [0.05, 0.1) is 12.8 Å². The molecule has 0 aromatic heterocycles. The van der Waals surface area contributed by atoms with Crippen LogP contribution in [0.5, 0.6) is 5.75 Å². The molecule has 5 nitrogen and oxygen atoms in total. The largest absolute Gasteiger partial charge is 0.495 e. The summed E-state index contributed by atoms with van der Waals surface area (Å²) in [5.74, 6) is 0.777. The molecule has 2 N–H and O–H groups in total. The number of piperidine rings is 1. The van der Waals surface area contributed by atoms with E-state index >= 15 is 0 Å². The maximum absolute atomic E-state index is 5.91. The number of benzene rings is 1. The third-order valence-corrected chi connectivity index (χ3v) is 5.10. The van der Waals surface area contributed by atoms with Crippen LogP contribution in [0.15, 0.2) is 18.2 Å². The fourth-order valence-electron chi connectivity index (χ4n) is 3.57. The number of nitrogen functional groups attached to an aromatic ring is 1. The van der Waals surface area contributed by atoms with Crippen LogP contribution in [0.2, 0.25) is 0 Å². The van der Waals surface area contributed by atoms with Gasteiger partial charge in [-0.05, 0) is 32.0 Å². The number of likely N-dealkylation sites (N-methyl/N-ethyl adjacent to an activating group) is 1. The maximum Gasteiger partial charge on any atom is 0.143 e. The third-order valence-electron chi connectivity index (χ3n) is 5.10. The monoisotopic (exact) mass is 306 g/mol. The Balaban J connectivity index is 0.00000192. The molecular weight excluding hydrogens is 276 g/mol. The molecule has 22 heavy (non-hydrogen) atoms. The number of nitrogens with two attached hydrogens (primary N) is 1. The zero-order chi connectivity index (χ0) is 15.5. The van der Waals surface area contributed by atoms with Crippen molar-refractivity contribution in [1.29, 1.82) is 0 Å². The highest BCUT2D eigenvalue weighted by Crippen LogP contribution is 2.30. The molecule has 0 saturated carbocycles. The number of hydrogen-bond acceptors (Lipinski definition) is 5. The van der Waals surface area contributed by atoms with Crippen LogP contribution in [0.25, 0.3) is 0 Å². The molecule has 5 heteroatoms. The Kier molecular flexibility index (Phi) is 4.74. The van der Waals surface area contributed by atoms with Crippen molar-refractivity contribution in [1.82, 2.24) is 9.80 Å². The van der Waals surface area contributed by atoms with Gasteiger partial charge in [0.15, 0.2) is 0 Å². The van der Waals surface area contributed by atoms with Crippen LogP contribution < -0.4 is 15.4 Å². The minimum absolute atomic E-state index is 0. The predicted octanol–water partition coefficient (Wildman–Crippen LogP) is 1.74. The van der Waals surface area contributed by atoms with E-state index < -0.39 is 0 Å². The van der Waals surface area contributed by atoms with Crippen LogP contribution in [0, 0.1) is 0 Å². The molecule has 2 aliphatic heterocycles. The second-order valence-corrected chi connectivity index (χ2v) is 6.48. The number of anilines is 2. The van der Waals surface area contributed by atoms with Gasteiger partial charge in [0, 0.05) is 58.5 Å². The van der Waals surface area contributed by atoms with Crippen LogP contribution in [0.4, 0.5) is 11.4 Å². The number of hydrogen-bond donors (Lipinski definition) is 1. The van der Waals surface area contributed by atoms with Crippen molar-refractivity contribution in [3.8, 4) is 5.75 Å². The van der Waals surface area contributed by atoms with Crippen LogP contribution in [-0.4, -0.2) is 69.3 Å².